The van der Waals surface area contributed by atoms with Crippen LogP contribution in [-0.2, 0) is 14.8 Å². The number of sulfonamides is 1. The van der Waals surface area contributed by atoms with Crippen LogP contribution in [0, 0.1) is 26.7 Å². The van der Waals surface area contributed by atoms with Gasteiger partial charge in [0.15, 0.2) is 0 Å². The van der Waals surface area contributed by atoms with Crippen LogP contribution in [0.1, 0.15) is 52.4 Å². The quantitative estimate of drug-likeness (QED) is 0.273. The molecule has 0 amide bonds. The number of rotatable bonds is 9. The highest BCUT2D eigenvalue weighted by Crippen LogP contribution is 2.62. The van der Waals surface area contributed by atoms with E-state index >= 15 is 0 Å². The highest BCUT2D eigenvalue weighted by molar-refractivity contribution is 14.1. The van der Waals surface area contributed by atoms with Crippen molar-refractivity contribution in [3.05, 3.63) is 40.0 Å². The standard InChI is InChI=1S/C22H30INO4S/c1-22(2)15-13-19(22)18(7-5-3-4-6-8-21(25)26)20(14-15)24-29(27,28)17-11-9-16(23)10-12-17/h3,5,9-12,15,18-20,24H,4,6-8,13-14H2,1-2H3,(H,25,26)/b5-3-/t15-,18+,19+,20+/m1/s1/i23-2. The average molecular weight is 529 g/mol. The fraction of sp³-hybridized carbons (Fsp3) is 0.591. The molecule has 160 valence electrons. The van der Waals surface area contributed by atoms with Gasteiger partial charge in [0.1, 0.15) is 0 Å². The molecular formula is C22H30INO4S. The molecule has 3 saturated carbocycles. The maximum Gasteiger partial charge on any atom is 0.303 e. The van der Waals surface area contributed by atoms with Gasteiger partial charge in [0.25, 0.3) is 0 Å². The lowest BCUT2D eigenvalue weighted by molar-refractivity contribution is -0.137. The molecule has 0 heterocycles. The Balaban J connectivity index is 1.68. The molecule has 0 aliphatic heterocycles. The molecule has 3 aliphatic carbocycles. The second-order valence-corrected chi connectivity index (χ2v) is 11.9. The Morgan fingerprint density at radius 1 is 1.24 bits per heavy atom. The van der Waals surface area contributed by atoms with E-state index in [4.69, 9.17) is 5.11 Å². The van der Waals surface area contributed by atoms with Gasteiger partial charge in [-0.3, -0.25) is 4.79 Å². The Labute approximate surface area is 187 Å². The third-order valence-electron chi connectivity index (χ3n) is 6.89. The fourth-order valence-corrected chi connectivity index (χ4v) is 6.69. The molecule has 2 bridgehead atoms. The van der Waals surface area contributed by atoms with Crippen LogP contribution in [0.15, 0.2) is 41.3 Å². The van der Waals surface area contributed by atoms with Crippen LogP contribution in [-0.4, -0.2) is 25.5 Å². The summed E-state index contributed by atoms with van der Waals surface area (Å²) in [7, 11) is -3.54. The number of allylic oxidation sites excluding steroid dienone is 2. The fourth-order valence-electron chi connectivity index (χ4n) is 5.03. The largest absolute Gasteiger partial charge is 0.481 e. The van der Waals surface area contributed by atoms with Gasteiger partial charge in [-0.1, -0.05) is 26.0 Å². The molecule has 4 rings (SSSR count). The molecule has 0 spiro atoms. The number of carbonyl (C=O) groups is 1. The molecule has 4 atom stereocenters. The topological polar surface area (TPSA) is 83.5 Å². The maximum absolute atomic E-state index is 12.9. The normalized spacial score (nSPS) is 28.2. The van der Waals surface area contributed by atoms with Crippen LogP contribution < -0.4 is 4.72 Å². The van der Waals surface area contributed by atoms with Gasteiger partial charge in [0, 0.05) is 16.0 Å². The van der Waals surface area contributed by atoms with Gasteiger partial charge in [-0.25, -0.2) is 13.1 Å². The summed E-state index contributed by atoms with van der Waals surface area (Å²) < 4.78 is 29.9. The third kappa shape index (κ3) is 5.22. The summed E-state index contributed by atoms with van der Waals surface area (Å²) in [6.45, 7) is 4.61. The minimum atomic E-state index is -3.54. The first-order valence-corrected chi connectivity index (χ1v) is 12.8. The second-order valence-electron chi connectivity index (χ2n) is 8.93. The number of hydrogen-bond acceptors (Lipinski definition) is 3. The summed E-state index contributed by atoms with van der Waals surface area (Å²) in [5.74, 6) is 0.574. The van der Waals surface area contributed by atoms with E-state index in [1.54, 1.807) is 12.1 Å². The van der Waals surface area contributed by atoms with Gasteiger partial charge in [-0.2, -0.15) is 0 Å². The molecule has 7 heteroatoms. The Kier molecular flexibility index (Phi) is 7.10. The van der Waals surface area contributed by atoms with Crippen molar-refractivity contribution in [2.75, 3.05) is 0 Å². The molecule has 0 saturated heterocycles. The highest BCUT2D eigenvalue weighted by Gasteiger charge is 2.57. The second kappa shape index (κ2) is 9.06. The first-order valence-electron chi connectivity index (χ1n) is 10.3. The molecule has 5 nitrogen and oxygen atoms in total. The number of aliphatic carboxylic acids is 1. The first-order chi connectivity index (χ1) is 13.6. The summed E-state index contributed by atoms with van der Waals surface area (Å²) in [5, 5.41) is 8.73. The van der Waals surface area contributed by atoms with Crippen molar-refractivity contribution in [1.82, 2.24) is 4.72 Å². The molecule has 0 unspecified atom stereocenters. The smallest absolute Gasteiger partial charge is 0.303 e. The number of carboxylic acid groups (broad SMARTS) is 1. The van der Waals surface area contributed by atoms with E-state index < -0.39 is 16.0 Å². The van der Waals surface area contributed by atoms with Crippen LogP contribution in [0.3, 0.4) is 0 Å². The van der Waals surface area contributed by atoms with Crippen LogP contribution in [0.25, 0.3) is 0 Å². The zero-order chi connectivity index (χ0) is 21.2. The van der Waals surface area contributed by atoms with E-state index in [1.807, 2.05) is 18.2 Å². The van der Waals surface area contributed by atoms with Crippen LogP contribution in [0.5, 0.6) is 0 Å². The van der Waals surface area contributed by atoms with Gasteiger partial charge in [0.2, 0.25) is 10.0 Å². The van der Waals surface area contributed by atoms with Gasteiger partial charge in [-0.15, -0.1) is 0 Å². The Bertz CT molecular complexity index is 863. The van der Waals surface area contributed by atoms with Crippen LogP contribution in [0.4, 0.5) is 0 Å². The Morgan fingerprint density at radius 3 is 2.55 bits per heavy atom. The van der Waals surface area contributed by atoms with E-state index in [0.717, 1.165) is 22.8 Å². The van der Waals surface area contributed by atoms with Crippen LogP contribution >= 0.6 is 22.6 Å². The molecule has 3 fully saturated rings. The van der Waals surface area contributed by atoms with E-state index in [1.165, 1.54) is 6.42 Å². The summed E-state index contributed by atoms with van der Waals surface area (Å²) in [6, 6.07) is 6.89. The molecule has 29 heavy (non-hydrogen) atoms. The lowest BCUT2D eigenvalue weighted by atomic mass is 9.44. The van der Waals surface area contributed by atoms with E-state index in [-0.39, 0.29) is 23.8 Å². The first kappa shape index (κ1) is 22.7. The van der Waals surface area contributed by atoms with Crippen molar-refractivity contribution in [2.24, 2.45) is 23.2 Å². The van der Waals surface area contributed by atoms with Crippen molar-refractivity contribution >= 4 is 38.6 Å². The number of carboxylic acids is 1. The summed E-state index contributed by atoms with van der Waals surface area (Å²) in [6.07, 6.45) is 8.61. The monoisotopic (exact) mass is 529 g/mol. The number of unbranched alkanes of at least 4 members (excludes halogenated alkanes) is 1. The van der Waals surface area contributed by atoms with E-state index in [0.29, 0.717) is 23.2 Å². The van der Waals surface area contributed by atoms with E-state index in [9.17, 15) is 13.2 Å². The van der Waals surface area contributed by atoms with Crippen molar-refractivity contribution in [3.63, 3.8) is 0 Å². The SMILES string of the molecule is CC1(C)[C@H]2C[C@H](NS(=O)(=O)c3ccc([125I])cc3)[C@@H](C/C=C\CCCC(=O)O)[C@@H]1C2. The predicted octanol–water partition coefficient (Wildman–Crippen LogP) is 4.82. The summed E-state index contributed by atoms with van der Waals surface area (Å²) >= 11 is 2.17. The lowest BCUT2D eigenvalue weighted by Gasteiger charge is -2.62. The highest BCUT2D eigenvalue weighted by atomic mass is 125. The lowest BCUT2D eigenvalue weighted by Crippen LogP contribution is -2.61. The molecule has 2 N–H and O–H groups in total. The van der Waals surface area contributed by atoms with Gasteiger partial charge >= 0.3 is 5.97 Å². The molecular weight excluding hydrogens is 499 g/mol. The molecule has 0 radical (unpaired) electrons. The number of nitrogens with one attached hydrogen (secondary N) is 1. The average Bonchev–Trinajstić information content (AvgIpc) is 2.64. The van der Waals surface area contributed by atoms with Gasteiger partial charge in [-0.05, 0) is 102 Å². The van der Waals surface area contributed by atoms with Gasteiger partial charge in [0.05, 0.1) is 4.90 Å². The Hall–Kier alpha value is -0.930. The summed E-state index contributed by atoms with van der Waals surface area (Å²) in [5.41, 5.74) is 0.257. The molecule has 0 aromatic heterocycles. The van der Waals surface area contributed by atoms with Crippen molar-refractivity contribution in [2.45, 2.75) is 63.3 Å². The predicted molar refractivity (Wildman–Crippen MR) is 122 cm³/mol. The van der Waals surface area contributed by atoms with Crippen molar-refractivity contribution < 1.29 is 18.3 Å². The minimum Gasteiger partial charge on any atom is -0.481 e. The third-order valence-corrected chi connectivity index (χ3v) is 9.11. The maximum atomic E-state index is 12.9. The molecule has 3 aliphatic rings. The Morgan fingerprint density at radius 2 is 1.93 bits per heavy atom. The number of halogens is 1. The van der Waals surface area contributed by atoms with Crippen molar-refractivity contribution in [1.29, 1.82) is 0 Å². The summed E-state index contributed by atoms with van der Waals surface area (Å²) in [4.78, 5) is 10.9. The number of benzene rings is 1. The van der Waals surface area contributed by atoms with Crippen molar-refractivity contribution in [3.8, 4) is 0 Å². The molecule has 1 aromatic carbocycles. The molecule has 1 aromatic rings. The van der Waals surface area contributed by atoms with Gasteiger partial charge < -0.3 is 5.11 Å². The minimum absolute atomic E-state index is 0.0558. The van der Waals surface area contributed by atoms with E-state index in [2.05, 4.69) is 47.2 Å². The number of hydrogen-bond donors (Lipinski definition) is 2. The number of fused-ring (bicyclic) bond motifs is 2. The van der Waals surface area contributed by atoms with Crippen LogP contribution in [0.2, 0.25) is 0 Å². The zero-order valence-corrected chi connectivity index (χ0v) is 19.9. The zero-order valence-electron chi connectivity index (χ0n) is 17.0.